The zero-order valence-electron chi connectivity index (χ0n) is 13.1. The molecule has 1 saturated heterocycles. The molecule has 1 aromatic heterocycles. The average Bonchev–Trinajstić information content (AvgIpc) is 2.47. The monoisotopic (exact) mass is 276 g/mol. The normalized spacial score (nSPS) is 17.4. The van der Waals surface area contributed by atoms with Crippen LogP contribution in [-0.4, -0.2) is 49.2 Å². The smallest absolute Gasteiger partial charge is 0.131 e. The number of piperidine rings is 1. The SMILES string of the molecule is CCN1CCC(N(C)c2ncc(CCN)cc2C)CC1. The van der Waals surface area contributed by atoms with Gasteiger partial charge in [-0.05, 0) is 50.4 Å². The van der Waals surface area contributed by atoms with E-state index in [1.54, 1.807) is 0 Å². The van der Waals surface area contributed by atoms with Crippen LogP contribution in [0.1, 0.15) is 30.9 Å². The zero-order chi connectivity index (χ0) is 14.5. The molecule has 1 aromatic rings. The van der Waals surface area contributed by atoms with E-state index in [2.05, 4.69) is 41.7 Å². The first-order valence-electron chi connectivity index (χ1n) is 7.76. The maximum Gasteiger partial charge on any atom is 0.131 e. The number of aryl methyl sites for hydroxylation is 1. The van der Waals surface area contributed by atoms with Gasteiger partial charge in [-0.25, -0.2) is 4.98 Å². The van der Waals surface area contributed by atoms with Crippen LogP contribution in [0.15, 0.2) is 12.3 Å². The molecule has 0 unspecified atom stereocenters. The Morgan fingerprint density at radius 2 is 2.10 bits per heavy atom. The standard InChI is InChI=1S/C16H28N4/c1-4-20-9-6-15(7-10-20)19(3)16-13(2)11-14(5-8-17)12-18-16/h11-12,15H,4-10,17H2,1-3H3. The van der Waals surface area contributed by atoms with Gasteiger partial charge >= 0.3 is 0 Å². The van der Waals surface area contributed by atoms with E-state index in [0.29, 0.717) is 12.6 Å². The highest BCUT2D eigenvalue weighted by Gasteiger charge is 2.23. The molecule has 1 fully saturated rings. The summed E-state index contributed by atoms with van der Waals surface area (Å²) in [4.78, 5) is 9.56. The van der Waals surface area contributed by atoms with Crippen LogP contribution in [0.2, 0.25) is 0 Å². The van der Waals surface area contributed by atoms with Crippen LogP contribution in [0.4, 0.5) is 5.82 Å². The quantitative estimate of drug-likeness (QED) is 0.891. The van der Waals surface area contributed by atoms with E-state index in [-0.39, 0.29) is 0 Å². The fourth-order valence-electron chi connectivity index (χ4n) is 3.09. The van der Waals surface area contributed by atoms with Gasteiger partial charge in [0.1, 0.15) is 5.82 Å². The summed E-state index contributed by atoms with van der Waals surface area (Å²) in [6, 6.07) is 2.84. The van der Waals surface area contributed by atoms with E-state index in [1.807, 2.05) is 6.20 Å². The molecule has 4 heteroatoms. The molecule has 0 saturated carbocycles. The molecule has 2 heterocycles. The largest absolute Gasteiger partial charge is 0.356 e. The van der Waals surface area contributed by atoms with Gasteiger partial charge in [0.2, 0.25) is 0 Å². The minimum Gasteiger partial charge on any atom is -0.356 e. The van der Waals surface area contributed by atoms with E-state index in [1.165, 1.54) is 43.6 Å². The van der Waals surface area contributed by atoms with Crippen molar-refractivity contribution in [3.05, 3.63) is 23.4 Å². The van der Waals surface area contributed by atoms with Crippen LogP contribution in [0, 0.1) is 6.92 Å². The van der Waals surface area contributed by atoms with Crippen molar-refractivity contribution in [3.8, 4) is 0 Å². The van der Waals surface area contributed by atoms with Gasteiger partial charge < -0.3 is 15.5 Å². The van der Waals surface area contributed by atoms with Gasteiger partial charge in [-0.3, -0.25) is 0 Å². The minimum absolute atomic E-state index is 0.615. The third kappa shape index (κ3) is 3.49. The summed E-state index contributed by atoms with van der Waals surface area (Å²) in [5, 5.41) is 0. The highest BCUT2D eigenvalue weighted by molar-refractivity contribution is 5.47. The molecule has 0 atom stereocenters. The number of likely N-dealkylation sites (tertiary alicyclic amines) is 1. The molecule has 1 aliphatic rings. The fraction of sp³-hybridized carbons (Fsp3) is 0.688. The lowest BCUT2D eigenvalue weighted by Crippen LogP contribution is -2.43. The second kappa shape index (κ2) is 7.04. The summed E-state index contributed by atoms with van der Waals surface area (Å²) in [5.41, 5.74) is 8.11. The number of hydrogen-bond acceptors (Lipinski definition) is 4. The van der Waals surface area contributed by atoms with Crippen LogP contribution >= 0.6 is 0 Å². The summed E-state index contributed by atoms with van der Waals surface area (Å²) in [6.07, 6.45) is 5.35. The van der Waals surface area contributed by atoms with Gasteiger partial charge in [0.05, 0.1) is 0 Å². The molecule has 0 spiro atoms. The topological polar surface area (TPSA) is 45.4 Å². The summed E-state index contributed by atoms with van der Waals surface area (Å²) in [6.45, 7) is 8.66. The molecule has 0 bridgehead atoms. The van der Waals surface area contributed by atoms with Crippen molar-refractivity contribution in [3.63, 3.8) is 0 Å². The lowest BCUT2D eigenvalue weighted by atomic mass is 10.0. The summed E-state index contributed by atoms with van der Waals surface area (Å²) < 4.78 is 0. The Labute approximate surface area is 123 Å². The lowest BCUT2D eigenvalue weighted by Gasteiger charge is -2.37. The van der Waals surface area contributed by atoms with E-state index in [4.69, 9.17) is 5.73 Å². The second-order valence-corrected chi connectivity index (χ2v) is 5.80. The average molecular weight is 276 g/mol. The van der Waals surface area contributed by atoms with Crippen molar-refractivity contribution in [1.82, 2.24) is 9.88 Å². The van der Waals surface area contributed by atoms with Crippen molar-refractivity contribution in [2.24, 2.45) is 5.73 Å². The van der Waals surface area contributed by atoms with Crippen LogP contribution in [0.5, 0.6) is 0 Å². The van der Waals surface area contributed by atoms with Gasteiger partial charge in [-0.15, -0.1) is 0 Å². The van der Waals surface area contributed by atoms with E-state index < -0.39 is 0 Å². The Bertz CT molecular complexity index is 424. The Hall–Kier alpha value is -1.13. The van der Waals surface area contributed by atoms with Crippen molar-refractivity contribution >= 4 is 5.82 Å². The van der Waals surface area contributed by atoms with Gasteiger partial charge in [0, 0.05) is 32.4 Å². The number of hydrogen-bond donors (Lipinski definition) is 1. The lowest BCUT2D eigenvalue weighted by molar-refractivity contribution is 0.220. The number of nitrogens with two attached hydrogens (primary N) is 1. The van der Waals surface area contributed by atoms with Crippen molar-refractivity contribution < 1.29 is 0 Å². The molecule has 0 aromatic carbocycles. The molecular weight excluding hydrogens is 248 g/mol. The number of rotatable bonds is 5. The first kappa shape index (κ1) is 15.3. The van der Waals surface area contributed by atoms with E-state index >= 15 is 0 Å². The van der Waals surface area contributed by atoms with Crippen molar-refractivity contribution in [2.45, 2.75) is 39.2 Å². The number of aromatic nitrogens is 1. The summed E-state index contributed by atoms with van der Waals surface area (Å²) in [7, 11) is 2.18. The molecule has 0 radical (unpaired) electrons. The maximum atomic E-state index is 5.61. The molecule has 0 aliphatic carbocycles. The Morgan fingerprint density at radius 1 is 1.40 bits per heavy atom. The molecule has 112 valence electrons. The minimum atomic E-state index is 0.615. The Kier molecular flexibility index (Phi) is 5.38. The molecule has 0 amide bonds. The molecular formula is C16H28N4. The van der Waals surface area contributed by atoms with Gasteiger partial charge in [0.15, 0.2) is 0 Å². The first-order chi connectivity index (χ1) is 9.65. The number of pyridine rings is 1. The summed E-state index contributed by atoms with van der Waals surface area (Å²) in [5.74, 6) is 1.13. The number of nitrogens with zero attached hydrogens (tertiary/aromatic N) is 3. The summed E-state index contributed by atoms with van der Waals surface area (Å²) >= 11 is 0. The van der Waals surface area contributed by atoms with Gasteiger partial charge in [-0.1, -0.05) is 13.0 Å². The Morgan fingerprint density at radius 3 is 2.65 bits per heavy atom. The van der Waals surface area contributed by atoms with Gasteiger partial charge in [-0.2, -0.15) is 0 Å². The molecule has 2 N–H and O–H groups in total. The van der Waals surface area contributed by atoms with Crippen LogP contribution in [0.3, 0.4) is 0 Å². The van der Waals surface area contributed by atoms with Gasteiger partial charge in [0.25, 0.3) is 0 Å². The highest BCUT2D eigenvalue weighted by Crippen LogP contribution is 2.23. The predicted octanol–water partition coefficient (Wildman–Crippen LogP) is 1.81. The van der Waals surface area contributed by atoms with Crippen molar-refractivity contribution in [1.29, 1.82) is 0 Å². The van der Waals surface area contributed by atoms with E-state index in [0.717, 1.165) is 12.2 Å². The molecule has 2 rings (SSSR count). The van der Waals surface area contributed by atoms with Crippen molar-refractivity contribution in [2.75, 3.05) is 38.1 Å². The molecule has 1 aliphatic heterocycles. The second-order valence-electron chi connectivity index (χ2n) is 5.80. The Balaban J connectivity index is 2.03. The number of anilines is 1. The molecule has 4 nitrogen and oxygen atoms in total. The first-order valence-corrected chi connectivity index (χ1v) is 7.76. The highest BCUT2D eigenvalue weighted by atomic mass is 15.2. The fourth-order valence-corrected chi connectivity index (χ4v) is 3.09. The van der Waals surface area contributed by atoms with Crippen LogP contribution in [-0.2, 0) is 6.42 Å². The van der Waals surface area contributed by atoms with Crippen LogP contribution < -0.4 is 10.6 Å². The van der Waals surface area contributed by atoms with E-state index in [9.17, 15) is 0 Å². The zero-order valence-corrected chi connectivity index (χ0v) is 13.1. The third-order valence-electron chi connectivity index (χ3n) is 4.43. The maximum absolute atomic E-state index is 5.61. The molecule has 20 heavy (non-hydrogen) atoms. The van der Waals surface area contributed by atoms with Crippen LogP contribution in [0.25, 0.3) is 0 Å². The predicted molar refractivity (Wildman–Crippen MR) is 85.3 cm³/mol. The third-order valence-corrected chi connectivity index (χ3v) is 4.43.